The fourth-order valence-corrected chi connectivity index (χ4v) is 4.12. The van der Waals surface area contributed by atoms with Gasteiger partial charge in [-0.15, -0.1) is 10.2 Å². The summed E-state index contributed by atoms with van der Waals surface area (Å²) in [7, 11) is 1.54. The summed E-state index contributed by atoms with van der Waals surface area (Å²) in [5, 5.41) is 17.4. The topological polar surface area (TPSA) is 86.5 Å². The molecule has 0 fully saturated rings. The van der Waals surface area contributed by atoms with Gasteiger partial charge in [0.15, 0.2) is 5.82 Å². The van der Waals surface area contributed by atoms with Crippen LogP contribution in [0.25, 0.3) is 5.69 Å². The maximum Gasteiger partial charge on any atom is 0.306 e. The summed E-state index contributed by atoms with van der Waals surface area (Å²) in [6.07, 6.45) is -2.45. The zero-order valence-corrected chi connectivity index (χ0v) is 18.2. The fourth-order valence-electron chi connectivity index (χ4n) is 3.94. The van der Waals surface area contributed by atoms with E-state index in [2.05, 4.69) is 10.2 Å². The van der Waals surface area contributed by atoms with Crippen molar-refractivity contribution >= 4 is 17.6 Å². The zero-order valence-electron chi connectivity index (χ0n) is 17.5. The van der Waals surface area contributed by atoms with Crippen molar-refractivity contribution in [1.29, 1.82) is 0 Å². The summed E-state index contributed by atoms with van der Waals surface area (Å²) in [5.41, 5.74) is 2.27. The van der Waals surface area contributed by atoms with Gasteiger partial charge < -0.3 is 14.6 Å². The van der Waals surface area contributed by atoms with E-state index in [-0.39, 0.29) is 5.82 Å². The summed E-state index contributed by atoms with van der Waals surface area (Å²) < 4.78 is 41.7. The molecule has 1 aliphatic heterocycles. The summed E-state index contributed by atoms with van der Waals surface area (Å²) in [4.78, 5) is 11.6. The molecule has 7 nitrogen and oxygen atoms in total. The first-order valence-corrected chi connectivity index (χ1v) is 10.1. The lowest BCUT2D eigenvalue weighted by molar-refractivity contribution is -0.141. The molecule has 0 aliphatic carbocycles. The highest BCUT2D eigenvalue weighted by atomic mass is 35.5. The molecule has 0 bridgehead atoms. The molecule has 0 radical (unpaired) electrons. The number of nitrogens with zero attached hydrogens (tertiary/aromatic N) is 3. The number of halogens is 3. The molecule has 0 saturated carbocycles. The van der Waals surface area contributed by atoms with Gasteiger partial charge in [0.25, 0.3) is 0 Å². The van der Waals surface area contributed by atoms with Crippen molar-refractivity contribution in [2.75, 3.05) is 7.11 Å². The predicted octanol–water partition coefficient (Wildman–Crippen LogP) is 4.98. The van der Waals surface area contributed by atoms with Crippen LogP contribution < -0.4 is 4.74 Å². The van der Waals surface area contributed by atoms with Gasteiger partial charge in [0.1, 0.15) is 18.0 Å². The molecule has 2 atom stereocenters. The number of alkyl halides is 2. The van der Waals surface area contributed by atoms with Crippen LogP contribution in [0.5, 0.6) is 5.75 Å². The number of rotatable bonds is 5. The molecule has 2 heterocycles. The highest BCUT2D eigenvalue weighted by Gasteiger charge is 2.40. The van der Waals surface area contributed by atoms with E-state index in [9.17, 15) is 18.7 Å². The van der Waals surface area contributed by atoms with Crippen molar-refractivity contribution < 1.29 is 28.2 Å². The van der Waals surface area contributed by atoms with Crippen LogP contribution >= 0.6 is 11.6 Å². The van der Waals surface area contributed by atoms with E-state index in [4.69, 9.17) is 21.1 Å². The van der Waals surface area contributed by atoms with Crippen molar-refractivity contribution in [3.63, 3.8) is 0 Å². The van der Waals surface area contributed by atoms with Crippen LogP contribution in [0.15, 0.2) is 36.4 Å². The Hall–Kier alpha value is -3.04. The van der Waals surface area contributed by atoms with Gasteiger partial charge in [-0.3, -0.25) is 9.36 Å². The van der Waals surface area contributed by atoms with Gasteiger partial charge in [0.05, 0.1) is 19.2 Å². The Morgan fingerprint density at radius 3 is 2.69 bits per heavy atom. The van der Waals surface area contributed by atoms with Gasteiger partial charge >= 0.3 is 11.9 Å². The molecule has 10 heteroatoms. The predicted molar refractivity (Wildman–Crippen MR) is 112 cm³/mol. The molecule has 3 aromatic rings. The largest absolute Gasteiger partial charge is 0.496 e. The number of carboxylic acids is 1. The second-order valence-electron chi connectivity index (χ2n) is 7.59. The highest BCUT2D eigenvalue weighted by molar-refractivity contribution is 6.30. The molecular weight excluding hydrogens is 444 g/mol. The molecule has 32 heavy (non-hydrogen) atoms. The monoisotopic (exact) mass is 463 g/mol. The number of hydrogen-bond acceptors (Lipinski definition) is 5. The van der Waals surface area contributed by atoms with Gasteiger partial charge in [-0.1, -0.05) is 23.7 Å². The Bertz CT molecular complexity index is 1190. The third-order valence-electron chi connectivity index (χ3n) is 5.37. The van der Waals surface area contributed by atoms with Crippen molar-refractivity contribution in [2.24, 2.45) is 0 Å². The Balaban J connectivity index is 2.03. The first-order valence-electron chi connectivity index (χ1n) is 9.76. The van der Waals surface area contributed by atoms with Crippen molar-refractivity contribution in [2.45, 2.75) is 38.4 Å². The summed E-state index contributed by atoms with van der Waals surface area (Å²) in [6, 6.07) is 10.1. The third-order valence-corrected chi connectivity index (χ3v) is 5.61. The molecule has 0 amide bonds. The average Bonchev–Trinajstić information content (AvgIpc) is 3.12. The smallest absolute Gasteiger partial charge is 0.306 e. The fraction of sp³-hybridized carbons (Fsp3) is 0.318. The molecule has 2 aromatic carbocycles. The molecule has 0 unspecified atom stereocenters. The maximum absolute atomic E-state index is 14.4. The highest BCUT2D eigenvalue weighted by Crippen LogP contribution is 2.44. The van der Waals surface area contributed by atoms with Gasteiger partial charge in [0, 0.05) is 17.5 Å². The lowest BCUT2D eigenvalue weighted by Crippen LogP contribution is -2.18. The summed E-state index contributed by atoms with van der Waals surface area (Å²) in [6.45, 7) is 2.55. The van der Waals surface area contributed by atoms with Gasteiger partial charge in [0.2, 0.25) is 5.82 Å². The zero-order chi connectivity index (χ0) is 23.2. The molecule has 0 spiro atoms. The first kappa shape index (κ1) is 22.2. The van der Waals surface area contributed by atoms with Crippen LogP contribution in [-0.2, 0) is 15.5 Å². The van der Waals surface area contributed by atoms with E-state index in [1.165, 1.54) is 11.7 Å². The normalized spacial score (nSPS) is 17.9. The minimum absolute atomic E-state index is 0.0180. The Kier molecular flexibility index (Phi) is 5.64. The second-order valence-corrected chi connectivity index (χ2v) is 8.02. The lowest BCUT2D eigenvalue weighted by atomic mass is 9.95. The van der Waals surface area contributed by atoms with Crippen LogP contribution in [0, 0.1) is 6.92 Å². The number of fused-ring (bicyclic) bond motifs is 3. The SMILES string of the molecule is COc1cccc([C@@H]2O[C@@H](CC(=O)O)c3nnc(C(C)(F)F)n3-c3ccc(Cl)cc32)c1C. The van der Waals surface area contributed by atoms with E-state index in [1.54, 1.807) is 30.3 Å². The number of ether oxygens (including phenoxy) is 2. The number of benzene rings is 2. The molecule has 1 N–H and O–H groups in total. The van der Waals surface area contributed by atoms with Crippen LogP contribution in [0.4, 0.5) is 8.78 Å². The number of carboxylic acid groups (broad SMARTS) is 1. The number of aromatic nitrogens is 3. The molecule has 1 aliphatic rings. The average molecular weight is 464 g/mol. The molecule has 0 saturated heterocycles. The quantitative estimate of drug-likeness (QED) is 0.574. The molecule has 1 aromatic heterocycles. The van der Waals surface area contributed by atoms with Gasteiger partial charge in [-0.2, -0.15) is 8.78 Å². The number of methoxy groups -OCH3 is 1. The number of aliphatic carboxylic acids is 1. The van der Waals surface area contributed by atoms with E-state index in [0.717, 1.165) is 5.56 Å². The molecule has 4 rings (SSSR count). The van der Waals surface area contributed by atoms with Crippen LogP contribution in [0.1, 0.15) is 53.9 Å². The van der Waals surface area contributed by atoms with Crippen LogP contribution in [-0.4, -0.2) is 33.0 Å². The van der Waals surface area contributed by atoms with Crippen LogP contribution in [0.2, 0.25) is 5.02 Å². The van der Waals surface area contributed by atoms with E-state index >= 15 is 0 Å². The minimum Gasteiger partial charge on any atom is -0.496 e. The maximum atomic E-state index is 14.4. The van der Waals surface area contributed by atoms with Gasteiger partial charge in [-0.25, -0.2) is 0 Å². The minimum atomic E-state index is -3.33. The first-order chi connectivity index (χ1) is 15.1. The second kappa shape index (κ2) is 8.14. The Morgan fingerprint density at radius 2 is 2.03 bits per heavy atom. The summed E-state index contributed by atoms with van der Waals surface area (Å²) >= 11 is 6.27. The van der Waals surface area contributed by atoms with Crippen LogP contribution in [0.3, 0.4) is 0 Å². The van der Waals surface area contributed by atoms with Crippen molar-refractivity contribution in [3.05, 3.63) is 69.8 Å². The van der Waals surface area contributed by atoms with Crippen molar-refractivity contribution in [1.82, 2.24) is 14.8 Å². The van der Waals surface area contributed by atoms with Crippen molar-refractivity contribution in [3.8, 4) is 11.4 Å². The number of hydrogen-bond donors (Lipinski definition) is 1. The van der Waals surface area contributed by atoms with E-state index in [0.29, 0.717) is 34.5 Å². The van der Waals surface area contributed by atoms with Gasteiger partial charge in [-0.05, 0) is 42.3 Å². The lowest BCUT2D eigenvalue weighted by Gasteiger charge is -2.24. The Labute approximate surface area is 187 Å². The standard InChI is InChI=1S/C22H20ClF2N3O4/c1-11-13(5-4-6-16(11)31-3)19-14-9-12(23)7-8-15(14)28-20(17(32-19)10-18(29)30)26-27-21(28)22(2,24)25/h4-9,17,19H,10H2,1-3H3,(H,29,30)/t17-,19-/m0/s1. The van der Waals surface area contributed by atoms with E-state index in [1.807, 2.05) is 13.0 Å². The summed E-state index contributed by atoms with van der Waals surface area (Å²) in [5.74, 6) is -4.52. The third kappa shape index (κ3) is 3.82. The molecule has 168 valence electrons. The Morgan fingerprint density at radius 1 is 1.28 bits per heavy atom. The van der Waals surface area contributed by atoms with E-state index < -0.39 is 36.3 Å². The number of carbonyl (C=O) groups is 1. The molecular formula is C22H20ClF2N3O4.